The Balaban J connectivity index is 2.94. The number of carboxylic acids is 1. The van der Waals surface area contributed by atoms with E-state index < -0.39 is 42.2 Å². The van der Waals surface area contributed by atoms with Crippen molar-refractivity contribution < 1.29 is 30.3 Å². The molecule has 1 fully saturated rings. The Morgan fingerprint density at radius 2 is 1.86 bits per heavy atom. The Morgan fingerprint density at radius 1 is 1.36 bits per heavy atom. The Labute approximate surface area is 80.4 Å². The summed E-state index contributed by atoms with van der Waals surface area (Å²) in [6.07, 6.45) is -3.88. The number of carbonyl (C=O) groups is 1. The lowest BCUT2D eigenvalue weighted by Gasteiger charge is -2.43. The van der Waals surface area contributed by atoms with E-state index in [-0.39, 0.29) is 0 Å². The van der Waals surface area contributed by atoms with E-state index in [1.165, 1.54) is 6.92 Å². The Morgan fingerprint density at radius 3 is 2.21 bits per heavy atom. The molecule has 0 spiro atoms. The molecule has 0 aromatic heterocycles. The molecule has 0 aromatic carbocycles. The summed E-state index contributed by atoms with van der Waals surface area (Å²) >= 11 is 0. The zero-order chi connectivity index (χ0) is 11.1. The van der Waals surface area contributed by atoms with Gasteiger partial charge in [0, 0.05) is 12.8 Å². The van der Waals surface area contributed by atoms with E-state index in [2.05, 4.69) is 0 Å². The molecule has 1 rings (SSSR count). The zero-order valence-corrected chi connectivity index (χ0v) is 7.71. The Kier molecular flexibility index (Phi) is 2.57. The predicted molar refractivity (Wildman–Crippen MR) is 44.5 cm³/mol. The van der Waals surface area contributed by atoms with Gasteiger partial charge in [0.1, 0.15) is 6.10 Å². The maximum absolute atomic E-state index is 10.7. The molecule has 0 aliphatic heterocycles. The summed E-state index contributed by atoms with van der Waals surface area (Å²) in [6, 6.07) is 0. The van der Waals surface area contributed by atoms with Crippen molar-refractivity contribution in [2.45, 2.75) is 43.2 Å². The Hall–Kier alpha value is -0.690. The molecule has 1 aliphatic carbocycles. The second-order valence-electron chi connectivity index (χ2n) is 4.09. The molecule has 1 aliphatic rings. The van der Waals surface area contributed by atoms with Gasteiger partial charge in [-0.2, -0.15) is 0 Å². The van der Waals surface area contributed by atoms with Crippen LogP contribution in [-0.4, -0.2) is 54.9 Å². The van der Waals surface area contributed by atoms with E-state index in [0.717, 1.165) is 0 Å². The van der Waals surface area contributed by atoms with Crippen LogP contribution in [0.15, 0.2) is 0 Å². The van der Waals surface area contributed by atoms with Crippen LogP contribution in [0.4, 0.5) is 0 Å². The first-order chi connectivity index (χ1) is 6.19. The fourth-order valence-electron chi connectivity index (χ4n) is 1.80. The number of aliphatic hydroxyl groups excluding tert-OH is 2. The normalized spacial score (nSPS) is 48.9. The van der Waals surface area contributed by atoms with Crippen LogP contribution >= 0.6 is 0 Å². The van der Waals surface area contributed by atoms with Crippen LogP contribution in [0.25, 0.3) is 0 Å². The molecular weight excluding hydrogens is 192 g/mol. The molecule has 4 atom stereocenters. The highest BCUT2D eigenvalue weighted by molar-refractivity contribution is 5.77. The number of hydrogen-bond donors (Lipinski definition) is 5. The molecule has 0 unspecified atom stereocenters. The third kappa shape index (κ3) is 1.74. The zero-order valence-electron chi connectivity index (χ0n) is 7.71. The first-order valence-electron chi connectivity index (χ1n) is 4.23. The van der Waals surface area contributed by atoms with Crippen molar-refractivity contribution in [3.63, 3.8) is 0 Å². The van der Waals surface area contributed by atoms with Crippen LogP contribution in [0.5, 0.6) is 0 Å². The summed E-state index contributed by atoms with van der Waals surface area (Å²) in [7, 11) is 0. The van der Waals surface area contributed by atoms with Gasteiger partial charge in [-0.15, -0.1) is 0 Å². The van der Waals surface area contributed by atoms with E-state index in [0.29, 0.717) is 0 Å². The largest absolute Gasteiger partial charge is 0.479 e. The van der Waals surface area contributed by atoms with Crippen LogP contribution in [0.3, 0.4) is 0 Å². The van der Waals surface area contributed by atoms with Crippen LogP contribution in [0.1, 0.15) is 19.8 Å². The quantitative estimate of drug-likeness (QED) is 0.341. The molecule has 0 saturated heterocycles. The second-order valence-corrected chi connectivity index (χ2v) is 4.09. The van der Waals surface area contributed by atoms with Crippen molar-refractivity contribution >= 4 is 5.97 Å². The van der Waals surface area contributed by atoms with E-state index in [9.17, 15) is 25.2 Å². The van der Waals surface area contributed by atoms with Crippen LogP contribution in [-0.2, 0) is 4.79 Å². The van der Waals surface area contributed by atoms with Gasteiger partial charge in [-0.05, 0) is 6.92 Å². The summed E-state index contributed by atoms with van der Waals surface area (Å²) in [5, 5.41) is 46.4. The smallest absolute Gasteiger partial charge is 0.335 e. The lowest BCUT2D eigenvalue weighted by Crippen LogP contribution is -2.61. The first kappa shape index (κ1) is 11.4. The van der Waals surface area contributed by atoms with Gasteiger partial charge >= 0.3 is 5.97 Å². The number of hydrogen-bond acceptors (Lipinski definition) is 5. The molecular formula is C8H14O6. The molecule has 6 nitrogen and oxygen atoms in total. The molecule has 5 N–H and O–H groups in total. The van der Waals surface area contributed by atoms with E-state index in [1.54, 1.807) is 0 Å². The van der Waals surface area contributed by atoms with Crippen molar-refractivity contribution in [3.05, 3.63) is 0 Å². The molecule has 6 heteroatoms. The molecule has 0 aromatic rings. The van der Waals surface area contributed by atoms with Gasteiger partial charge in [-0.25, -0.2) is 4.79 Å². The van der Waals surface area contributed by atoms with E-state index in [1.807, 2.05) is 0 Å². The topological polar surface area (TPSA) is 118 Å². The fraction of sp³-hybridized carbons (Fsp3) is 0.875. The van der Waals surface area contributed by atoms with Crippen molar-refractivity contribution in [2.75, 3.05) is 0 Å². The van der Waals surface area contributed by atoms with Gasteiger partial charge in [0.25, 0.3) is 0 Å². The molecule has 82 valence electrons. The minimum Gasteiger partial charge on any atom is -0.479 e. The SMILES string of the molecule is C[C@]1(O)C[C@@](O)(C(=O)O)C[C@@H](O)[C@@H]1O. The van der Waals surface area contributed by atoms with Gasteiger partial charge in [-0.1, -0.05) is 0 Å². The maximum Gasteiger partial charge on any atom is 0.335 e. The van der Waals surface area contributed by atoms with Crippen LogP contribution < -0.4 is 0 Å². The van der Waals surface area contributed by atoms with E-state index >= 15 is 0 Å². The van der Waals surface area contributed by atoms with Crippen molar-refractivity contribution in [3.8, 4) is 0 Å². The molecule has 0 amide bonds. The third-order valence-electron chi connectivity index (χ3n) is 2.60. The van der Waals surface area contributed by atoms with E-state index in [4.69, 9.17) is 5.11 Å². The van der Waals surface area contributed by atoms with Gasteiger partial charge in [-0.3, -0.25) is 0 Å². The molecule has 0 bridgehead atoms. The molecule has 0 heterocycles. The summed E-state index contributed by atoms with van der Waals surface area (Å²) < 4.78 is 0. The molecule has 0 radical (unpaired) electrons. The van der Waals surface area contributed by atoms with Gasteiger partial charge in [0.05, 0.1) is 11.7 Å². The average Bonchev–Trinajstić information content (AvgIpc) is 1.99. The minimum atomic E-state index is -2.18. The van der Waals surface area contributed by atoms with Crippen molar-refractivity contribution in [1.82, 2.24) is 0 Å². The van der Waals surface area contributed by atoms with Crippen molar-refractivity contribution in [1.29, 1.82) is 0 Å². The van der Waals surface area contributed by atoms with Gasteiger partial charge in [0.15, 0.2) is 5.60 Å². The minimum absolute atomic E-state index is 0.486. The number of rotatable bonds is 1. The number of aliphatic carboxylic acids is 1. The Bertz CT molecular complexity index is 250. The van der Waals surface area contributed by atoms with Gasteiger partial charge < -0.3 is 25.5 Å². The molecule has 1 saturated carbocycles. The van der Waals surface area contributed by atoms with Crippen LogP contribution in [0.2, 0.25) is 0 Å². The maximum atomic E-state index is 10.7. The van der Waals surface area contributed by atoms with Gasteiger partial charge in [0.2, 0.25) is 0 Å². The highest BCUT2D eigenvalue weighted by Gasteiger charge is 2.53. The highest BCUT2D eigenvalue weighted by Crippen LogP contribution is 2.35. The lowest BCUT2D eigenvalue weighted by molar-refractivity contribution is -0.210. The first-order valence-corrected chi connectivity index (χ1v) is 4.23. The summed E-state index contributed by atoms with van der Waals surface area (Å²) in [5.41, 5.74) is -3.98. The highest BCUT2D eigenvalue weighted by atomic mass is 16.4. The standard InChI is InChI=1S/C8H14O6/c1-7(13)3-8(14,6(11)12)2-4(9)5(7)10/h4-5,9-10,13-14H,2-3H2,1H3,(H,11,12)/t4-,5+,7+,8-/m1/s1. The summed E-state index contributed by atoms with van der Waals surface area (Å²) in [4.78, 5) is 10.7. The predicted octanol–water partition coefficient (Wildman–Crippen LogP) is -1.93. The second kappa shape index (κ2) is 3.16. The third-order valence-corrected chi connectivity index (χ3v) is 2.60. The number of carboxylic acid groups (broad SMARTS) is 1. The average molecular weight is 206 g/mol. The summed E-state index contributed by atoms with van der Waals surface area (Å²) in [5.74, 6) is -1.51. The lowest BCUT2D eigenvalue weighted by atomic mass is 9.73. The monoisotopic (exact) mass is 206 g/mol. The fourth-order valence-corrected chi connectivity index (χ4v) is 1.80. The van der Waals surface area contributed by atoms with Crippen molar-refractivity contribution in [2.24, 2.45) is 0 Å². The molecule has 14 heavy (non-hydrogen) atoms. The summed E-state index contributed by atoms with van der Waals surface area (Å²) in [6.45, 7) is 1.17. The van der Waals surface area contributed by atoms with Crippen LogP contribution in [0, 0.1) is 0 Å². The number of aliphatic hydroxyl groups is 4.